The molecule has 1 aliphatic heterocycles. The number of oxazole rings is 1. The first-order chi connectivity index (χ1) is 12.2. The van der Waals surface area contributed by atoms with Gasteiger partial charge in [0.25, 0.3) is 0 Å². The van der Waals surface area contributed by atoms with Gasteiger partial charge in [0.1, 0.15) is 5.76 Å². The predicted molar refractivity (Wildman–Crippen MR) is 94.4 cm³/mol. The molecule has 0 saturated heterocycles. The maximum atomic E-state index is 5.84. The Morgan fingerprint density at radius 1 is 1.00 bits per heavy atom. The van der Waals surface area contributed by atoms with E-state index in [9.17, 15) is 0 Å². The van der Waals surface area contributed by atoms with Crippen molar-refractivity contribution in [3.63, 3.8) is 0 Å². The molecule has 0 N–H and O–H groups in total. The Kier molecular flexibility index (Phi) is 4.15. The molecule has 128 valence electrons. The Morgan fingerprint density at radius 3 is 2.64 bits per heavy atom. The number of benzene rings is 2. The minimum absolute atomic E-state index is 0.301. The molecule has 0 aliphatic carbocycles. The zero-order valence-electron chi connectivity index (χ0n) is 14.4. The van der Waals surface area contributed by atoms with Crippen LogP contribution in [0.25, 0.3) is 11.5 Å². The van der Waals surface area contributed by atoms with Crippen LogP contribution in [0.2, 0.25) is 0 Å². The van der Waals surface area contributed by atoms with Crippen LogP contribution in [-0.2, 0) is 13.1 Å². The summed E-state index contributed by atoms with van der Waals surface area (Å²) in [5.41, 5.74) is 3.13. The Labute approximate surface area is 146 Å². The van der Waals surface area contributed by atoms with Gasteiger partial charge in [0.15, 0.2) is 11.5 Å². The van der Waals surface area contributed by atoms with Gasteiger partial charge in [0, 0.05) is 18.7 Å². The van der Waals surface area contributed by atoms with Gasteiger partial charge in [-0.15, -0.1) is 0 Å². The lowest BCUT2D eigenvalue weighted by Gasteiger charge is -2.15. The van der Waals surface area contributed by atoms with E-state index in [-0.39, 0.29) is 0 Å². The number of rotatable bonds is 5. The van der Waals surface area contributed by atoms with E-state index in [2.05, 4.69) is 23.0 Å². The third-order valence-corrected chi connectivity index (χ3v) is 4.22. The number of aromatic nitrogens is 1. The van der Waals surface area contributed by atoms with E-state index >= 15 is 0 Å². The van der Waals surface area contributed by atoms with Gasteiger partial charge < -0.3 is 13.9 Å². The Morgan fingerprint density at radius 2 is 1.80 bits per heavy atom. The number of hydrogen-bond donors (Lipinski definition) is 0. The number of hydrogen-bond acceptors (Lipinski definition) is 5. The summed E-state index contributed by atoms with van der Waals surface area (Å²) in [4.78, 5) is 6.87. The van der Waals surface area contributed by atoms with Gasteiger partial charge in [-0.05, 0) is 43.8 Å². The fourth-order valence-electron chi connectivity index (χ4n) is 2.94. The van der Waals surface area contributed by atoms with Gasteiger partial charge in [-0.3, -0.25) is 4.90 Å². The van der Waals surface area contributed by atoms with Crippen LogP contribution in [0.4, 0.5) is 0 Å². The van der Waals surface area contributed by atoms with Crippen molar-refractivity contribution in [3.05, 3.63) is 65.5 Å². The van der Waals surface area contributed by atoms with Gasteiger partial charge >= 0.3 is 0 Å². The highest BCUT2D eigenvalue weighted by atomic mass is 16.7. The first-order valence-corrected chi connectivity index (χ1v) is 8.28. The van der Waals surface area contributed by atoms with E-state index < -0.39 is 0 Å². The molecular weight excluding hydrogens is 316 g/mol. The van der Waals surface area contributed by atoms with Crippen LogP contribution in [0.3, 0.4) is 0 Å². The Hall–Kier alpha value is -2.79. The molecule has 2 aromatic carbocycles. The second-order valence-electron chi connectivity index (χ2n) is 6.25. The van der Waals surface area contributed by atoms with Gasteiger partial charge in [-0.1, -0.05) is 24.3 Å². The van der Waals surface area contributed by atoms with Crippen molar-refractivity contribution in [1.82, 2.24) is 9.88 Å². The zero-order valence-corrected chi connectivity index (χ0v) is 14.4. The molecule has 5 nitrogen and oxygen atoms in total. The quantitative estimate of drug-likeness (QED) is 0.704. The average Bonchev–Trinajstić information content (AvgIpc) is 3.22. The summed E-state index contributed by atoms with van der Waals surface area (Å²) in [5, 5.41) is 0. The van der Waals surface area contributed by atoms with Crippen LogP contribution < -0.4 is 9.47 Å². The largest absolute Gasteiger partial charge is 0.454 e. The highest BCUT2D eigenvalue weighted by Gasteiger charge is 2.16. The second kappa shape index (κ2) is 6.61. The minimum atomic E-state index is 0.301. The Bertz CT molecular complexity index is 874. The molecule has 0 bridgehead atoms. The van der Waals surface area contributed by atoms with E-state index in [1.165, 1.54) is 5.56 Å². The standard InChI is InChI=1S/C20H20N2O3/c1-14-17(21-20(25-14)16-6-4-3-5-7-16)12-22(2)11-15-8-9-18-19(10-15)24-13-23-18/h3-10H,11-13H2,1-2H3. The van der Waals surface area contributed by atoms with E-state index in [1.54, 1.807) is 0 Å². The highest BCUT2D eigenvalue weighted by Crippen LogP contribution is 2.33. The molecule has 0 amide bonds. The molecule has 0 unspecified atom stereocenters. The molecule has 0 fully saturated rings. The molecule has 1 aliphatic rings. The van der Waals surface area contributed by atoms with Crippen molar-refractivity contribution in [1.29, 1.82) is 0 Å². The van der Waals surface area contributed by atoms with Crippen molar-refractivity contribution < 1.29 is 13.9 Å². The topological polar surface area (TPSA) is 47.7 Å². The molecule has 0 atom stereocenters. The van der Waals surface area contributed by atoms with Crippen LogP contribution in [0.15, 0.2) is 52.9 Å². The lowest BCUT2D eigenvalue weighted by molar-refractivity contribution is 0.174. The molecule has 4 rings (SSSR count). The van der Waals surface area contributed by atoms with Gasteiger partial charge in [-0.2, -0.15) is 0 Å². The summed E-state index contributed by atoms with van der Waals surface area (Å²) in [6.07, 6.45) is 0. The fraction of sp³-hybridized carbons (Fsp3) is 0.250. The maximum absolute atomic E-state index is 5.84. The summed E-state index contributed by atoms with van der Waals surface area (Å²) in [7, 11) is 2.07. The first-order valence-electron chi connectivity index (χ1n) is 8.28. The molecule has 3 aromatic rings. The fourth-order valence-corrected chi connectivity index (χ4v) is 2.94. The van der Waals surface area contributed by atoms with Gasteiger partial charge in [-0.25, -0.2) is 4.98 Å². The van der Waals surface area contributed by atoms with Crippen molar-refractivity contribution in [3.8, 4) is 23.0 Å². The summed E-state index contributed by atoms with van der Waals surface area (Å²) in [6, 6.07) is 16.0. The van der Waals surface area contributed by atoms with Crippen molar-refractivity contribution in [2.75, 3.05) is 13.8 Å². The molecule has 0 spiro atoms. The molecule has 5 heteroatoms. The van der Waals surface area contributed by atoms with Crippen molar-refractivity contribution >= 4 is 0 Å². The molecule has 0 radical (unpaired) electrons. The summed E-state index contributed by atoms with van der Waals surface area (Å²) >= 11 is 0. The SMILES string of the molecule is Cc1oc(-c2ccccc2)nc1CN(C)Cc1ccc2c(c1)OCO2. The van der Waals surface area contributed by atoms with E-state index in [0.29, 0.717) is 12.7 Å². The van der Waals surface area contributed by atoms with E-state index in [1.807, 2.05) is 49.4 Å². The van der Waals surface area contributed by atoms with Crippen molar-refractivity contribution in [2.45, 2.75) is 20.0 Å². The summed E-state index contributed by atoms with van der Waals surface area (Å²) < 4.78 is 16.6. The maximum Gasteiger partial charge on any atom is 0.231 e. The number of nitrogens with zero attached hydrogens (tertiary/aromatic N) is 2. The number of fused-ring (bicyclic) bond motifs is 1. The van der Waals surface area contributed by atoms with Gasteiger partial charge in [0.2, 0.25) is 12.7 Å². The second-order valence-corrected chi connectivity index (χ2v) is 6.25. The first kappa shape index (κ1) is 15.7. The molecule has 2 heterocycles. The predicted octanol–water partition coefficient (Wildman–Crippen LogP) is 4.01. The van der Waals surface area contributed by atoms with Crippen LogP contribution in [0, 0.1) is 6.92 Å². The molecule has 25 heavy (non-hydrogen) atoms. The smallest absolute Gasteiger partial charge is 0.231 e. The van der Waals surface area contributed by atoms with Gasteiger partial charge in [0.05, 0.1) is 5.69 Å². The number of aryl methyl sites for hydroxylation is 1. The molecule has 1 aromatic heterocycles. The zero-order chi connectivity index (χ0) is 17.2. The van der Waals surface area contributed by atoms with Crippen molar-refractivity contribution in [2.24, 2.45) is 0 Å². The van der Waals surface area contributed by atoms with Crippen LogP contribution in [0.5, 0.6) is 11.5 Å². The van der Waals surface area contributed by atoms with Crippen LogP contribution in [-0.4, -0.2) is 23.7 Å². The monoisotopic (exact) mass is 336 g/mol. The third kappa shape index (κ3) is 3.37. The lowest BCUT2D eigenvalue weighted by atomic mass is 10.2. The van der Waals surface area contributed by atoms with E-state index in [4.69, 9.17) is 13.9 Å². The average molecular weight is 336 g/mol. The highest BCUT2D eigenvalue weighted by molar-refractivity contribution is 5.53. The summed E-state index contributed by atoms with van der Waals surface area (Å²) in [6.45, 7) is 3.78. The Balaban J connectivity index is 1.46. The van der Waals surface area contributed by atoms with Crippen LogP contribution in [0.1, 0.15) is 17.0 Å². The normalized spacial score (nSPS) is 12.8. The molecule has 0 saturated carbocycles. The minimum Gasteiger partial charge on any atom is -0.454 e. The van der Waals surface area contributed by atoms with E-state index in [0.717, 1.165) is 41.6 Å². The summed E-state index contributed by atoms with van der Waals surface area (Å²) in [5.74, 6) is 3.15. The molecular formula is C20H20N2O3. The third-order valence-electron chi connectivity index (χ3n) is 4.22. The van der Waals surface area contributed by atoms with Crippen LogP contribution >= 0.6 is 0 Å². The number of ether oxygens (including phenoxy) is 2. The lowest BCUT2D eigenvalue weighted by Crippen LogP contribution is -2.18.